The van der Waals surface area contributed by atoms with Gasteiger partial charge < -0.3 is 24.4 Å². The minimum absolute atomic E-state index is 0.0195. The minimum atomic E-state index is -0.350. The molecule has 0 radical (unpaired) electrons. The molecule has 0 bridgehead atoms. The first kappa shape index (κ1) is 17.1. The average Bonchev–Trinajstić information content (AvgIpc) is 2.58. The first-order valence-corrected chi connectivity index (χ1v) is 7.44. The number of carbonyl (C=O) groups is 2. The Morgan fingerprint density at radius 2 is 1.91 bits per heavy atom. The van der Waals surface area contributed by atoms with Gasteiger partial charge in [0, 0.05) is 24.7 Å². The van der Waals surface area contributed by atoms with Crippen LogP contribution in [0.3, 0.4) is 0 Å². The van der Waals surface area contributed by atoms with E-state index in [4.69, 9.17) is 14.2 Å². The van der Waals surface area contributed by atoms with Crippen molar-refractivity contribution in [3.63, 3.8) is 0 Å². The Morgan fingerprint density at radius 1 is 1.26 bits per heavy atom. The van der Waals surface area contributed by atoms with Crippen LogP contribution < -0.4 is 14.8 Å². The Labute approximate surface area is 135 Å². The van der Waals surface area contributed by atoms with Crippen molar-refractivity contribution in [1.29, 1.82) is 0 Å². The highest BCUT2D eigenvalue weighted by Crippen LogP contribution is 2.22. The number of hydrogen-bond acceptors (Lipinski definition) is 5. The molecule has 7 nitrogen and oxygen atoms in total. The maximum atomic E-state index is 12.2. The number of nitrogens with zero attached hydrogens (tertiary/aromatic N) is 1. The molecule has 1 fully saturated rings. The number of hydrogen-bond donors (Lipinski definition) is 1. The fourth-order valence-corrected chi connectivity index (χ4v) is 2.35. The Hall–Kier alpha value is -2.28. The average molecular weight is 322 g/mol. The number of rotatable bonds is 5. The van der Waals surface area contributed by atoms with E-state index in [0.717, 1.165) is 0 Å². The maximum Gasteiger partial charge on any atom is 0.251 e. The molecular formula is C16H22N2O5. The van der Waals surface area contributed by atoms with Crippen LogP contribution in [0.25, 0.3) is 0 Å². The highest BCUT2D eigenvalue weighted by Gasteiger charge is 2.21. The van der Waals surface area contributed by atoms with Gasteiger partial charge in [0.1, 0.15) is 11.5 Å². The van der Waals surface area contributed by atoms with Gasteiger partial charge in [-0.25, -0.2) is 0 Å². The third-order valence-corrected chi connectivity index (χ3v) is 3.61. The lowest BCUT2D eigenvalue weighted by molar-refractivity contribution is -0.137. The highest BCUT2D eigenvalue weighted by molar-refractivity contribution is 5.97. The first-order chi connectivity index (χ1) is 11.0. The largest absolute Gasteiger partial charge is 0.497 e. The topological polar surface area (TPSA) is 77.1 Å². The lowest BCUT2D eigenvalue weighted by Crippen LogP contribution is -2.48. The predicted molar refractivity (Wildman–Crippen MR) is 83.9 cm³/mol. The van der Waals surface area contributed by atoms with Gasteiger partial charge in [-0.05, 0) is 19.1 Å². The summed E-state index contributed by atoms with van der Waals surface area (Å²) in [6.07, 6.45) is 0.0195. The smallest absolute Gasteiger partial charge is 0.251 e. The minimum Gasteiger partial charge on any atom is -0.497 e. The maximum absolute atomic E-state index is 12.2. The Bertz CT molecular complexity index is 553. The molecule has 1 aromatic rings. The van der Waals surface area contributed by atoms with Crippen molar-refractivity contribution in [2.24, 2.45) is 0 Å². The molecule has 126 valence electrons. The van der Waals surface area contributed by atoms with E-state index in [-0.39, 0.29) is 24.5 Å². The number of morpholine rings is 1. The SMILES string of the molecule is COc1cc(OC)cc(C(=O)NCC(=O)N2CCO[C@H](C)C2)c1. The van der Waals surface area contributed by atoms with Crippen LogP contribution in [0.15, 0.2) is 18.2 Å². The van der Waals surface area contributed by atoms with Crippen LogP contribution in [0.5, 0.6) is 11.5 Å². The Balaban J connectivity index is 1.95. The normalized spacial score (nSPS) is 17.5. The molecule has 0 aliphatic carbocycles. The van der Waals surface area contributed by atoms with Gasteiger partial charge >= 0.3 is 0 Å². The van der Waals surface area contributed by atoms with Crippen LogP contribution in [0.1, 0.15) is 17.3 Å². The van der Waals surface area contributed by atoms with Crippen LogP contribution >= 0.6 is 0 Å². The van der Waals surface area contributed by atoms with Gasteiger partial charge in [-0.15, -0.1) is 0 Å². The molecule has 0 spiro atoms. The van der Waals surface area contributed by atoms with Crippen molar-refractivity contribution in [2.45, 2.75) is 13.0 Å². The van der Waals surface area contributed by atoms with Gasteiger partial charge in [-0.1, -0.05) is 0 Å². The van der Waals surface area contributed by atoms with E-state index in [2.05, 4.69) is 5.32 Å². The number of ether oxygens (including phenoxy) is 3. The third kappa shape index (κ3) is 4.59. The molecule has 1 atom stereocenters. The van der Waals surface area contributed by atoms with Gasteiger partial charge in [0.15, 0.2) is 0 Å². The summed E-state index contributed by atoms with van der Waals surface area (Å²) in [7, 11) is 3.03. The van der Waals surface area contributed by atoms with Crippen molar-refractivity contribution in [3.05, 3.63) is 23.8 Å². The van der Waals surface area contributed by atoms with E-state index < -0.39 is 0 Å². The monoisotopic (exact) mass is 322 g/mol. The van der Waals surface area contributed by atoms with Crippen molar-refractivity contribution < 1.29 is 23.8 Å². The van der Waals surface area contributed by atoms with E-state index in [1.165, 1.54) is 14.2 Å². The summed E-state index contributed by atoms with van der Waals surface area (Å²) in [5.41, 5.74) is 0.379. The molecule has 1 aliphatic heterocycles. The second-order valence-corrected chi connectivity index (χ2v) is 5.31. The molecule has 2 amide bonds. The molecule has 0 saturated carbocycles. The summed E-state index contributed by atoms with van der Waals surface area (Å²) >= 11 is 0. The highest BCUT2D eigenvalue weighted by atomic mass is 16.5. The lowest BCUT2D eigenvalue weighted by Gasteiger charge is -2.31. The number of carbonyl (C=O) groups excluding carboxylic acids is 2. The Morgan fingerprint density at radius 3 is 2.48 bits per heavy atom. The second-order valence-electron chi connectivity index (χ2n) is 5.31. The molecular weight excluding hydrogens is 300 g/mol. The standard InChI is InChI=1S/C16H22N2O5/c1-11-10-18(4-5-23-11)15(19)9-17-16(20)12-6-13(21-2)8-14(7-12)22-3/h6-8,11H,4-5,9-10H2,1-3H3,(H,17,20)/t11-/m1/s1. The van der Waals surface area contributed by atoms with Gasteiger partial charge in [0.2, 0.25) is 5.91 Å². The molecule has 1 N–H and O–H groups in total. The molecule has 1 aliphatic rings. The summed E-state index contributed by atoms with van der Waals surface area (Å²) < 4.78 is 15.7. The number of amides is 2. The fraction of sp³-hybridized carbons (Fsp3) is 0.500. The quantitative estimate of drug-likeness (QED) is 0.863. The molecule has 1 saturated heterocycles. The molecule has 1 aromatic carbocycles. The molecule has 2 rings (SSSR count). The summed E-state index contributed by atoms with van der Waals surface area (Å²) in [6, 6.07) is 4.87. The van der Waals surface area contributed by atoms with Crippen LogP contribution in [0.4, 0.5) is 0 Å². The van der Waals surface area contributed by atoms with Crippen molar-refractivity contribution >= 4 is 11.8 Å². The molecule has 7 heteroatoms. The summed E-state index contributed by atoms with van der Waals surface area (Å²) in [6.45, 7) is 3.48. The van der Waals surface area contributed by atoms with Gasteiger partial charge in [0.25, 0.3) is 5.91 Å². The van der Waals surface area contributed by atoms with Crippen molar-refractivity contribution in [1.82, 2.24) is 10.2 Å². The van der Waals surface area contributed by atoms with Crippen LogP contribution in [-0.4, -0.2) is 63.3 Å². The fourth-order valence-electron chi connectivity index (χ4n) is 2.35. The molecule has 0 aromatic heterocycles. The summed E-state index contributed by atoms with van der Waals surface area (Å²) in [5, 5.41) is 2.63. The van der Waals surface area contributed by atoms with Crippen molar-refractivity contribution in [3.8, 4) is 11.5 Å². The molecule has 1 heterocycles. The van der Waals surface area contributed by atoms with E-state index in [1.807, 2.05) is 6.92 Å². The number of methoxy groups -OCH3 is 2. The number of nitrogens with one attached hydrogen (secondary N) is 1. The van der Waals surface area contributed by atoms with Crippen LogP contribution in [-0.2, 0) is 9.53 Å². The van der Waals surface area contributed by atoms with E-state index in [1.54, 1.807) is 23.1 Å². The van der Waals surface area contributed by atoms with Crippen LogP contribution in [0, 0.1) is 0 Å². The van der Waals surface area contributed by atoms with E-state index in [0.29, 0.717) is 36.8 Å². The van der Waals surface area contributed by atoms with Gasteiger partial charge in [-0.3, -0.25) is 9.59 Å². The third-order valence-electron chi connectivity index (χ3n) is 3.61. The van der Waals surface area contributed by atoms with Crippen LogP contribution in [0.2, 0.25) is 0 Å². The summed E-state index contributed by atoms with van der Waals surface area (Å²) in [5.74, 6) is 0.561. The molecule has 0 unspecified atom stereocenters. The lowest BCUT2D eigenvalue weighted by atomic mass is 10.2. The van der Waals surface area contributed by atoms with Gasteiger partial charge in [0.05, 0.1) is 33.5 Å². The van der Waals surface area contributed by atoms with Crippen molar-refractivity contribution in [2.75, 3.05) is 40.5 Å². The summed E-state index contributed by atoms with van der Waals surface area (Å²) in [4.78, 5) is 26.0. The molecule has 23 heavy (non-hydrogen) atoms. The van der Waals surface area contributed by atoms with E-state index >= 15 is 0 Å². The zero-order valence-corrected chi connectivity index (χ0v) is 13.6. The first-order valence-electron chi connectivity index (χ1n) is 7.44. The second kappa shape index (κ2) is 7.82. The zero-order chi connectivity index (χ0) is 16.8. The number of benzene rings is 1. The Kier molecular flexibility index (Phi) is 5.81. The predicted octanol–water partition coefficient (Wildman–Crippen LogP) is 0.681. The van der Waals surface area contributed by atoms with Gasteiger partial charge in [-0.2, -0.15) is 0 Å². The zero-order valence-electron chi connectivity index (χ0n) is 13.6. The van der Waals surface area contributed by atoms with E-state index in [9.17, 15) is 9.59 Å².